The molecule has 3 N–H and O–H groups in total. The molecule has 3 aromatic rings. The smallest absolute Gasteiger partial charge is 0.433 e. The van der Waals surface area contributed by atoms with Gasteiger partial charge in [0.2, 0.25) is 11.9 Å². The summed E-state index contributed by atoms with van der Waals surface area (Å²) in [5.41, 5.74) is 1.81. The first-order valence-electron chi connectivity index (χ1n) is 9.28. The second-order valence-corrected chi connectivity index (χ2v) is 6.70. The summed E-state index contributed by atoms with van der Waals surface area (Å²) in [6.07, 6.45) is 0.200. The van der Waals surface area contributed by atoms with Gasteiger partial charge in [-0.1, -0.05) is 6.07 Å². The molecule has 0 amide bonds. The number of rotatable bonds is 8. The zero-order valence-electron chi connectivity index (χ0n) is 16.4. The predicted molar refractivity (Wildman–Crippen MR) is 108 cm³/mol. The van der Waals surface area contributed by atoms with E-state index in [9.17, 15) is 18.0 Å². The Labute approximate surface area is 175 Å². The number of aliphatic carboxylic acids is 1. The highest BCUT2D eigenvalue weighted by molar-refractivity contribution is 5.70. The molecule has 0 aliphatic carbocycles. The van der Waals surface area contributed by atoms with Gasteiger partial charge in [0.05, 0.1) is 0 Å². The average Bonchev–Trinajstić information content (AvgIpc) is 2.71. The number of carboxylic acids is 1. The lowest BCUT2D eigenvalue weighted by Gasteiger charge is -2.11. The molecule has 0 saturated heterocycles. The van der Waals surface area contributed by atoms with Crippen LogP contribution in [0.2, 0.25) is 0 Å². The van der Waals surface area contributed by atoms with Crippen LogP contribution in [-0.2, 0) is 11.0 Å². The van der Waals surface area contributed by atoms with Gasteiger partial charge in [0.15, 0.2) is 0 Å². The first-order chi connectivity index (χ1) is 14.7. The van der Waals surface area contributed by atoms with Gasteiger partial charge in [0.1, 0.15) is 5.69 Å². The molecule has 0 saturated carbocycles. The first kappa shape index (κ1) is 21.9. The lowest BCUT2D eigenvalue weighted by Crippen LogP contribution is -2.10. The van der Waals surface area contributed by atoms with Crippen LogP contribution in [0.3, 0.4) is 0 Å². The van der Waals surface area contributed by atoms with Crippen molar-refractivity contribution in [1.82, 2.24) is 19.9 Å². The summed E-state index contributed by atoms with van der Waals surface area (Å²) in [5.74, 6) is -0.654. The van der Waals surface area contributed by atoms with Crippen molar-refractivity contribution in [3.05, 3.63) is 54.1 Å². The van der Waals surface area contributed by atoms with Crippen LogP contribution in [0, 0.1) is 6.92 Å². The summed E-state index contributed by atoms with van der Waals surface area (Å²) in [7, 11) is 0. The van der Waals surface area contributed by atoms with Crippen molar-refractivity contribution in [2.45, 2.75) is 25.9 Å². The highest BCUT2D eigenvalue weighted by Gasteiger charge is 2.32. The second kappa shape index (κ2) is 9.37. The highest BCUT2D eigenvalue weighted by atomic mass is 19.4. The van der Waals surface area contributed by atoms with Crippen molar-refractivity contribution in [1.29, 1.82) is 0 Å². The standard InChI is InChI=1S/C20H19F3N6O2/c1-12-7-13(14-10-26-18(27-11-14)24-5-2-3-17(30)31)9-15(8-12)28-19-25-6-4-16(29-19)20(21,22)23/h4,6-11H,2-3,5H2,1H3,(H,30,31)(H,24,26,27)(H,25,28,29). The monoisotopic (exact) mass is 432 g/mol. The van der Waals surface area contributed by atoms with Crippen LogP contribution in [0.15, 0.2) is 42.9 Å². The fourth-order valence-electron chi connectivity index (χ4n) is 2.74. The Hall–Kier alpha value is -3.76. The molecule has 0 spiro atoms. The fourth-order valence-corrected chi connectivity index (χ4v) is 2.74. The molecule has 3 rings (SSSR count). The minimum absolute atomic E-state index is 0.0553. The summed E-state index contributed by atoms with van der Waals surface area (Å²) < 4.78 is 38.6. The topological polar surface area (TPSA) is 113 Å². The van der Waals surface area contributed by atoms with E-state index in [4.69, 9.17) is 5.11 Å². The van der Waals surface area contributed by atoms with Gasteiger partial charge in [-0.15, -0.1) is 0 Å². The SMILES string of the molecule is Cc1cc(Nc2nccc(C(F)(F)F)n2)cc(-c2cnc(NCCCC(=O)O)nc2)c1. The van der Waals surface area contributed by atoms with E-state index in [0.29, 0.717) is 30.2 Å². The van der Waals surface area contributed by atoms with Crippen molar-refractivity contribution in [3.8, 4) is 11.1 Å². The minimum Gasteiger partial charge on any atom is -0.481 e. The van der Waals surface area contributed by atoms with Gasteiger partial charge in [0, 0.05) is 42.8 Å². The molecule has 11 heteroatoms. The molecule has 162 valence electrons. The molecule has 0 radical (unpaired) electrons. The number of anilines is 3. The molecule has 0 unspecified atom stereocenters. The number of aryl methyl sites for hydroxylation is 1. The number of carboxylic acid groups (broad SMARTS) is 1. The quantitative estimate of drug-likeness (QED) is 0.452. The molecule has 0 aliphatic rings. The third-order valence-corrected chi connectivity index (χ3v) is 4.12. The summed E-state index contributed by atoms with van der Waals surface area (Å²) in [6, 6.07) is 6.18. The summed E-state index contributed by atoms with van der Waals surface area (Å²) >= 11 is 0. The van der Waals surface area contributed by atoms with Gasteiger partial charge in [-0.25, -0.2) is 19.9 Å². The van der Waals surface area contributed by atoms with Crippen LogP contribution in [-0.4, -0.2) is 37.6 Å². The third kappa shape index (κ3) is 6.36. The number of nitrogens with zero attached hydrogens (tertiary/aromatic N) is 4. The Morgan fingerprint density at radius 1 is 1.06 bits per heavy atom. The Kier molecular flexibility index (Phi) is 6.63. The van der Waals surface area contributed by atoms with Crippen LogP contribution in [0.1, 0.15) is 24.1 Å². The van der Waals surface area contributed by atoms with E-state index in [-0.39, 0.29) is 12.4 Å². The molecule has 2 aromatic heterocycles. The largest absolute Gasteiger partial charge is 0.481 e. The summed E-state index contributed by atoms with van der Waals surface area (Å²) in [5, 5.41) is 14.4. The maximum Gasteiger partial charge on any atom is 0.433 e. The molecule has 8 nitrogen and oxygen atoms in total. The van der Waals surface area contributed by atoms with Crippen molar-refractivity contribution in [2.75, 3.05) is 17.2 Å². The number of benzene rings is 1. The van der Waals surface area contributed by atoms with Crippen molar-refractivity contribution in [3.63, 3.8) is 0 Å². The Bertz CT molecular complexity index is 1060. The Balaban J connectivity index is 1.73. The number of halogens is 3. The van der Waals surface area contributed by atoms with Crippen molar-refractivity contribution in [2.24, 2.45) is 0 Å². The summed E-state index contributed by atoms with van der Waals surface area (Å²) in [6.45, 7) is 2.28. The zero-order valence-corrected chi connectivity index (χ0v) is 16.4. The van der Waals surface area contributed by atoms with Gasteiger partial charge in [-0.2, -0.15) is 13.2 Å². The summed E-state index contributed by atoms with van der Waals surface area (Å²) in [4.78, 5) is 26.3. The maximum absolute atomic E-state index is 12.9. The number of aromatic nitrogens is 4. The van der Waals surface area contributed by atoms with Crippen molar-refractivity contribution < 1.29 is 23.1 Å². The lowest BCUT2D eigenvalue weighted by molar-refractivity contribution is -0.141. The van der Waals surface area contributed by atoms with E-state index in [2.05, 4.69) is 30.6 Å². The molecular formula is C20H19F3N6O2. The van der Waals surface area contributed by atoms with Gasteiger partial charge in [0.25, 0.3) is 0 Å². The van der Waals surface area contributed by atoms with E-state index in [1.165, 1.54) is 0 Å². The number of hydrogen-bond donors (Lipinski definition) is 3. The minimum atomic E-state index is -4.56. The number of nitrogens with one attached hydrogen (secondary N) is 2. The first-order valence-corrected chi connectivity index (χ1v) is 9.28. The Morgan fingerprint density at radius 2 is 1.81 bits per heavy atom. The molecular weight excluding hydrogens is 413 g/mol. The van der Waals surface area contributed by atoms with Crippen molar-refractivity contribution >= 4 is 23.6 Å². The predicted octanol–water partition coefficient (Wildman–Crippen LogP) is 4.28. The van der Waals surface area contributed by atoms with Crippen LogP contribution < -0.4 is 10.6 Å². The molecule has 0 aliphatic heterocycles. The van der Waals surface area contributed by atoms with Crippen LogP contribution in [0.5, 0.6) is 0 Å². The molecule has 1 aromatic carbocycles. The molecule has 0 bridgehead atoms. The number of carbonyl (C=O) groups is 1. The van der Waals surface area contributed by atoms with E-state index < -0.39 is 17.8 Å². The van der Waals surface area contributed by atoms with E-state index >= 15 is 0 Å². The number of hydrogen-bond acceptors (Lipinski definition) is 7. The fraction of sp³-hybridized carbons (Fsp3) is 0.250. The highest BCUT2D eigenvalue weighted by Crippen LogP contribution is 2.29. The zero-order chi connectivity index (χ0) is 22.4. The van der Waals surface area contributed by atoms with Gasteiger partial charge < -0.3 is 15.7 Å². The van der Waals surface area contributed by atoms with E-state index in [0.717, 1.165) is 23.4 Å². The molecule has 0 atom stereocenters. The Morgan fingerprint density at radius 3 is 2.48 bits per heavy atom. The molecule has 2 heterocycles. The lowest BCUT2D eigenvalue weighted by atomic mass is 10.1. The molecule has 0 fully saturated rings. The average molecular weight is 432 g/mol. The van der Waals surface area contributed by atoms with Gasteiger partial charge in [-0.05, 0) is 42.7 Å². The van der Waals surface area contributed by atoms with Crippen LogP contribution >= 0.6 is 0 Å². The maximum atomic E-state index is 12.9. The second-order valence-electron chi connectivity index (χ2n) is 6.70. The van der Waals surface area contributed by atoms with E-state index in [1.54, 1.807) is 24.5 Å². The van der Waals surface area contributed by atoms with Crippen LogP contribution in [0.4, 0.5) is 30.8 Å². The molecule has 31 heavy (non-hydrogen) atoms. The third-order valence-electron chi connectivity index (χ3n) is 4.12. The van der Waals surface area contributed by atoms with Crippen LogP contribution in [0.25, 0.3) is 11.1 Å². The van der Waals surface area contributed by atoms with Gasteiger partial charge in [-0.3, -0.25) is 4.79 Å². The number of alkyl halides is 3. The normalized spacial score (nSPS) is 11.2. The van der Waals surface area contributed by atoms with Gasteiger partial charge >= 0.3 is 12.1 Å². The van der Waals surface area contributed by atoms with E-state index in [1.807, 2.05) is 13.0 Å².